The second kappa shape index (κ2) is 6.48. The Morgan fingerprint density at radius 1 is 1.15 bits per heavy atom. The van der Waals surface area contributed by atoms with Gasteiger partial charge in [-0.3, -0.25) is 4.79 Å². The molecule has 0 aliphatic rings. The number of aryl methyl sites for hydroxylation is 2. The van der Waals surface area contributed by atoms with Crippen LogP contribution in [0.3, 0.4) is 0 Å². The highest BCUT2D eigenvalue weighted by Crippen LogP contribution is 2.26. The Morgan fingerprint density at radius 3 is 2.77 bits per heavy atom. The molecule has 1 amide bonds. The Labute approximate surface area is 150 Å². The van der Waals surface area contributed by atoms with Gasteiger partial charge < -0.3 is 10.1 Å². The van der Waals surface area contributed by atoms with Crippen molar-refractivity contribution in [1.82, 2.24) is 14.8 Å². The normalized spacial score (nSPS) is 11.0. The van der Waals surface area contributed by atoms with Crippen LogP contribution in [0.5, 0.6) is 5.75 Å². The number of carbonyl (C=O) groups is 1. The van der Waals surface area contributed by atoms with Gasteiger partial charge >= 0.3 is 0 Å². The van der Waals surface area contributed by atoms with Gasteiger partial charge in [0.2, 0.25) is 0 Å². The number of anilines is 1. The maximum absolute atomic E-state index is 12.3. The molecule has 0 fully saturated rings. The summed E-state index contributed by atoms with van der Waals surface area (Å²) in [5.41, 5.74) is 2.77. The summed E-state index contributed by atoms with van der Waals surface area (Å²) in [5, 5.41) is 9.04. The van der Waals surface area contributed by atoms with Crippen LogP contribution in [0.15, 0.2) is 54.6 Å². The van der Waals surface area contributed by atoms with Gasteiger partial charge in [0.05, 0.1) is 10.9 Å². The van der Waals surface area contributed by atoms with Gasteiger partial charge in [-0.25, -0.2) is 9.67 Å². The summed E-state index contributed by atoms with van der Waals surface area (Å²) in [6.07, 6.45) is 0. The zero-order valence-electron chi connectivity index (χ0n) is 14.6. The molecule has 0 aliphatic heterocycles. The summed E-state index contributed by atoms with van der Waals surface area (Å²) in [5.74, 6) is 0.870. The van der Waals surface area contributed by atoms with Crippen molar-refractivity contribution in [3.63, 3.8) is 0 Å². The van der Waals surface area contributed by atoms with E-state index in [0.717, 1.165) is 27.5 Å². The fraction of sp³-hybridized carbons (Fsp3) is 0.150. The van der Waals surface area contributed by atoms with Crippen LogP contribution in [0.1, 0.15) is 5.56 Å². The molecule has 2 aromatic carbocycles. The van der Waals surface area contributed by atoms with Gasteiger partial charge in [0.1, 0.15) is 5.75 Å². The Hall–Kier alpha value is -3.41. The summed E-state index contributed by atoms with van der Waals surface area (Å²) in [6.45, 7) is 1.95. The van der Waals surface area contributed by atoms with E-state index in [1.807, 2.05) is 68.6 Å². The van der Waals surface area contributed by atoms with Crippen molar-refractivity contribution in [2.24, 2.45) is 7.05 Å². The average molecular weight is 346 g/mol. The van der Waals surface area contributed by atoms with E-state index >= 15 is 0 Å². The highest BCUT2D eigenvalue weighted by atomic mass is 16.5. The van der Waals surface area contributed by atoms with E-state index in [4.69, 9.17) is 9.72 Å². The lowest BCUT2D eigenvalue weighted by molar-refractivity contribution is -0.118. The molecule has 4 aromatic rings. The second-order valence-electron chi connectivity index (χ2n) is 6.13. The Morgan fingerprint density at radius 2 is 1.96 bits per heavy atom. The minimum atomic E-state index is -0.266. The number of ether oxygens (including phenoxy) is 1. The number of nitrogens with zero attached hydrogens (tertiary/aromatic N) is 3. The first-order chi connectivity index (χ1) is 12.6. The number of fused-ring (bicyclic) bond motifs is 2. The Balaban J connectivity index is 1.61. The molecule has 0 radical (unpaired) electrons. The van der Waals surface area contributed by atoms with E-state index < -0.39 is 0 Å². The van der Waals surface area contributed by atoms with Crippen LogP contribution < -0.4 is 10.1 Å². The van der Waals surface area contributed by atoms with Gasteiger partial charge in [-0.15, -0.1) is 0 Å². The fourth-order valence-corrected chi connectivity index (χ4v) is 2.94. The molecule has 4 rings (SSSR count). The summed E-state index contributed by atoms with van der Waals surface area (Å²) in [7, 11) is 1.82. The fourth-order valence-electron chi connectivity index (χ4n) is 2.94. The minimum absolute atomic E-state index is 0.0812. The van der Waals surface area contributed by atoms with Crippen molar-refractivity contribution in [3.05, 3.63) is 60.2 Å². The molecule has 130 valence electrons. The van der Waals surface area contributed by atoms with Gasteiger partial charge in [-0.2, -0.15) is 5.10 Å². The van der Waals surface area contributed by atoms with Gasteiger partial charge in [-0.05, 0) is 30.7 Å². The number of pyridine rings is 1. The molecule has 0 bridgehead atoms. The molecule has 0 spiro atoms. The lowest BCUT2D eigenvalue weighted by atomic mass is 10.1. The molecule has 0 saturated carbocycles. The number of rotatable bonds is 4. The molecule has 0 unspecified atom stereocenters. The highest BCUT2D eigenvalue weighted by Gasteiger charge is 2.14. The second-order valence-corrected chi connectivity index (χ2v) is 6.13. The number of nitrogens with one attached hydrogen (secondary N) is 1. The molecule has 6 heteroatoms. The van der Waals surface area contributed by atoms with Crippen LogP contribution in [-0.4, -0.2) is 27.3 Å². The predicted molar refractivity (Wildman–Crippen MR) is 101 cm³/mol. The number of aromatic nitrogens is 3. The number of hydrogen-bond donors (Lipinski definition) is 1. The van der Waals surface area contributed by atoms with E-state index in [1.54, 1.807) is 4.68 Å². The van der Waals surface area contributed by atoms with Crippen LogP contribution in [0, 0.1) is 6.92 Å². The first-order valence-corrected chi connectivity index (χ1v) is 8.32. The van der Waals surface area contributed by atoms with E-state index in [-0.39, 0.29) is 12.5 Å². The lowest BCUT2D eigenvalue weighted by Crippen LogP contribution is -2.20. The van der Waals surface area contributed by atoms with Crippen LogP contribution in [0.2, 0.25) is 0 Å². The smallest absolute Gasteiger partial charge is 0.263 e. The average Bonchev–Trinajstić information content (AvgIpc) is 2.95. The highest BCUT2D eigenvalue weighted by molar-refractivity contribution is 6.03. The van der Waals surface area contributed by atoms with Crippen molar-refractivity contribution in [2.75, 3.05) is 11.9 Å². The largest absolute Gasteiger partial charge is 0.484 e. The zero-order chi connectivity index (χ0) is 18.1. The molecule has 26 heavy (non-hydrogen) atoms. The number of para-hydroxylation sites is 2. The van der Waals surface area contributed by atoms with Gasteiger partial charge in [0.15, 0.2) is 18.1 Å². The number of hydrogen-bond acceptors (Lipinski definition) is 4. The summed E-state index contributed by atoms with van der Waals surface area (Å²) >= 11 is 0. The third-order valence-corrected chi connectivity index (χ3v) is 4.21. The number of carbonyl (C=O) groups excluding carboxylic acids is 1. The van der Waals surface area contributed by atoms with E-state index in [1.165, 1.54) is 0 Å². The molecule has 1 N–H and O–H groups in total. The zero-order valence-corrected chi connectivity index (χ0v) is 14.6. The molecule has 6 nitrogen and oxygen atoms in total. The van der Waals surface area contributed by atoms with E-state index in [9.17, 15) is 4.79 Å². The molecule has 0 saturated heterocycles. The van der Waals surface area contributed by atoms with Crippen LogP contribution in [0.4, 0.5) is 5.82 Å². The van der Waals surface area contributed by atoms with E-state index in [0.29, 0.717) is 11.6 Å². The van der Waals surface area contributed by atoms with Crippen LogP contribution in [0.25, 0.3) is 21.9 Å². The number of amides is 1. The first-order valence-electron chi connectivity index (χ1n) is 8.32. The number of benzene rings is 2. The topological polar surface area (TPSA) is 69.0 Å². The van der Waals surface area contributed by atoms with Gasteiger partial charge in [-0.1, -0.05) is 36.4 Å². The van der Waals surface area contributed by atoms with E-state index in [2.05, 4.69) is 10.4 Å². The van der Waals surface area contributed by atoms with Gasteiger partial charge in [0, 0.05) is 12.4 Å². The van der Waals surface area contributed by atoms with Crippen molar-refractivity contribution >= 4 is 33.7 Å². The van der Waals surface area contributed by atoms with Crippen LogP contribution >= 0.6 is 0 Å². The standard InChI is InChI=1S/C20H18N4O2/c1-13-7-6-8-14-11-16-19(23-24(2)20(16)22-18(13)14)21-17(25)12-26-15-9-4-3-5-10-15/h3-11H,12H2,1-2H3,(H,21,23,25). The SMILES string of the molecule is Cc1cccc2cc3c(NC(=O)COc4ccccc4)nn(C)c3nc12. The maximum atomic E-state index is 12.3. The molecule has 2 aromatic heterocycles. The predicted octanol–water partition coefficient (Wildman–Crippen LogP) is 3.45. The molecule has 0 atom stereocenters. The molecule has 0 aliphatic carbocycles. The van der Waals surface area contributed by atoms with Gasteiger partial charge in [0.25, 0.3) is 5.91 Å². The quantitative estimate of drug-likeness (QED) is 0.614. The Kier molecular flexibility index (Phi) is 4.01. The Bertz CT molecular complexity index is 1100. The summed E-state index contributed by atoms with van der Waals surface area (Å²) in [6, 6.07) is 17.3. The molecular formula is C20H18N4O2. The third kappa shape index (κ3) is 2.97. The molecule has 2 heterocycles. The van der Waals surface area contributed by atoms with Crippen molar-refractivity contribution in [1.29, 1.82) is 0 Å². The summed E-state index contributed by atoms with van der Waals surface area (Å²) in [4.78, 5) is 17.0. The van der Waals surface area contributed by atoms with Crippen LogP contribution in [-0.2, 0) is 11.8 Å². The van der Waals surface area contributed by atoms with Crippen molar-refractivity contribution < 1.29 is 9.53 Å². The third-order valence-electron chi connectivity index (χ3n) is 4.21. The van der Waals surface area contributed by atoms with Crippen molar-refractivity contribution in [3.8, 4) is 5.75 Å². The first kappa shape index (κ1) is 16.1. The monoisotopic (exact) mass is 346 g/mol. The molecular weight excluding hydrogens is 328 g/mol. The minimum Gasteiger partial charge on any atom is -0.484 e. The lowest BCUT2D eigenvalue weighted by Gasteiger charge is -2.06. The summed E-state index contributed by atoms with van der Waals surface area (Å²) < 4.78 is 7.16. The van der Waals surface area contributed by atoms with Crippen molar-refractivity contribution in [2.45, 2.75) is 6.92 Å². The maximum Gasteiger partial charge on any atom is 0.263 e.